The lowest BCUT2D eigenvalue weighted by Crippen LogP contribution is -2.53. The molecule has 1 amide bonds. The molecular formula is C14H17ClF3N3O4S2. The summed E-state index contributed by atoms with van der Waals surface area (Å²) in [6, 6.07) is 4.99. The van der Waals surface area contributed by atoms with E-state index in [-0.39, 0.29) is 42.5 Å². The quantitative estimate of drug-likeness (QED) is 0.661. The van der Waals surface area contributed by atoms with Gasteiger partial charge in [-0.25, -0.2) is 21.3 Å². The number of hydrogen-bond acceptors (Lipinski definition) is 5. The second-order valence-corrected chi connectivity index (χ2v) is 10.4. The molecule has 0 aliphatic carbocycles. The molecule has 1 aromatic carbocycles. The Bertz CT molecular complexity index is 918. The van der Waals surface area contributed by atoms with Crippen LogP contribution in [0.5, 0.6) is 0 Å². The van der Waals surface area contributed by atoms with Crippen LogP contribution in [0.25, 0.3) is 0 Å². The lowest BCUT2D eigenvalue weighted by molar-refractivity contribution is -0.186. The van der Waals surface area contributed by atoms with Gasteiger partial charge in [-0.05, 0) is 31.2 Å². The highest BCUT2D eigenvalue weighted by Gasteiger charge is 2.43. The smallest absolute Gasteiger partial charge is 0.332 e. The van der Waals surface area contributed by atoms with Crippen LogP contribution in [0, 0.1) is 0 Å². The van der Waals surface area contributed by atoms with Crippen molar-refractivity contribution in [1.82, 2.24) is 9.21 Å². The first-order chi connectivity index (χ1) is 12.4. The molecule has 0 N–H and O–H groups in total. The third-order valence-corrected chi connectivity index (χ3v) is 7.76. The van der Waals surface area contributed by atoms with Crippen molar-refractivity contribution in [3.05, 3.63) is 24.3 Å². The number of carbonyl (C=O) groups is 1. The molecule has 1 fully saturated rings. The molecule has 1 atom stereocenters. The average Bonchev–Trinajstić information content (AvgIpc) is 2.60. The van der Waals surface area contributed by atoms with Crippen LogP contribution < -0.4 is 0 Å². The van der Waals surface area contributed by atoms with E-state index in [0.29, 0.717) is 4.90 Å². The zero-order valence-electron chi connectivity index (χ0n) is 14.1. The SMILES string of the molecule is CCN=S(=O)(c1ccc(S(=O)(=O)Cl)cc1)N1CCN(C(=O)C(F)(F)F)CC1. The Morgan fingerprint density at radius 1 is 1.07 bits per heavy atom. The molecular weight excluding hydrogens is 431 g/mol. The summed E-state index contributed by atoms with van der Waals surface area (Å²) >= 11 is 0. The van der Waals surface area contributed by atoms with Gasteiger partial charge in [-0.15, -0.1) is 0 Å². The molecule has 1 aliphatic rings. The van der Waals surface area contributed by atoms with Gasteiger partial charge in [0.25, 0.3) is 9.05 Å². The topological polar surface area (TPSA) is 87.1 Å². The fraction of sp³-hybridized carbons (Fsp3) is 0.500. The summed E-state index contributed by atoms with van der Waals surface area (Å²) in [5.41, 5.74) is 0. The summed E-state index contributed by atoms with van der Waals surface area (Å²) in [7, 11) is -1.86. The van der Waals surface area contributed by atoms with Crippen molar-refractivity contribution >= 4 is 35.6 Å². The van der Waals surface area contributed by atoms with Gasteiger partial charge in [0.05, 0.1) is 9.79 Å². The van der Waals surface area contributed by atoms with Gasteiger partial charge < -0.3 is 4.90 Å². The highest BCUT2D eigenvalue weighted by molar-refractivity contribution is 8.13. The molecule has 1 unspecified atom stereocenters. The van der Waals surface area contributed by atoms with Crippen LogP contribution in [0.3, 0.4) is 0 Å². The van der Waals surface area contributed by atoms with Crippen LogP contribution in [-0.4, -0.2) is 66.6 Å². The van der Waals surface area contributed by atoms with Crippen molar-refractivity contribution in [2.24, 2.45) is 4.36 Å². The Morgan fingerprint density at radius 3 is 1.96 bits per heavy atom. The molecule has 0 saturated carbocycles. The van der Waals surface area contributed by atoms with Crippen LogP contribution in [0.2, 0.25) is 0 Å². The Hall–Kier alpha value is -1.37. The number of carbonyl (C=O) groups excluding carboxylic acids is 1. The van der Waals surface area contributed by atoms with Crippen molar-refractivity contribution in [3.8, 4) is 0 Å². The Labute approximate surface area is 159 Å². The highest BCUT2D eigenvalue weighted by atomic mass is 35.7. The maximum absolute atomic E-state index is 13.4. The number of rotatable bonds is 4. The molecule has 1 heterocycles. The first-order valence-electron chi connectivity index (χ1n) is 7.78. The second-order valence-electron chi connectivity index (χ2n) is 5.57. The second kappa shape index (κ2) is 7.94. The predicted octanol–water partition coefficient (Wildman–Crippen LogP) is 2.08. The predicted molar refractivity (Wildman–Crippen MR) is 93.1 cm³/mol. The monoisotopic (exact) mass is 447 g/mol. The van der Waals surface area contributed by atoms with Crippen molar-refractivity contribution in [2.45, 2.75) is 22.9 Å². The van der Waals surface area contributed by atoms with E-state index in [2.05, 4.69) is 4.36 Å². The van der Waals surface area contributed by atoms with Crippen LogP contribution in [0.1, 0.15) is 6.92 Å². The van der Waals surface area contributed by atoms with Crippen LogP contribution in [0.15, 0.2) is 38.4 Å². The number of piperazine rings is 1. The van der Waals surface area contributed by atoms with Gasteiger partial charge in [-0.2, -0.15) is 13.2 Å². The van der Waals surface area contributed by atoms with E-state index in [0.717, 1.165) is 0 Å². The maximum atomic E-state index is 13.4. The number of alkyl halides is 3. The van der Waals surface area contributed by atoms with Gasteiger partial charge in [0, 0.05) is 43.4 Å². The van der Waals surface area contributed by atoms with E-state index in [1.54, 1.807) is 6.92 Å². The molecule has 0 aromatic heterocycles. The molecule has 7 nitrogen and oxygen atoms in total. The summed E-state index contributed by atoms with van der Waals surface area (Å²) in [5, 5.41) is 0. The van der Waals surface area contributed by atoms with E-state index >= 15 is 0 Å². The zero-order valence-corrected chi connectivity index (χ0v) is 16.5. The molecule has 13 heteroatoms. The molecule has 0 spiro atoms. The van der Waals surface area contributed by atoms with Gasteiger partial charge in [0.2, 0.25) is 0 Å². The molecule has 1 aliphatic heterocycles. The normalized spacial score (nSPS) is 18.8. The minimum atomic E-state index is -4.96. The van der Waals surface area contributed by atoms with Gasteiger partial charge in [0.15, 0.2) is 0 Å². The number of hydrogen-bond donors (Lipinski definition) is 0. The van der Waals surface area contributed by atoms with Crippen molar-refractivity contribution < 1.29 is 30.6 Å². The van der Waals surface area contributed by atoms with Crippen LogP contribution in [-0.2, 0) is 23.8 Å². The average molecular weight is 448 g/mol. The minimum Gasteiger partial charge on any atom is -0.332 e. The molecule has 27 heavy (non-hydrogen) atoms. The first-order valence-corrected chi connectivity index (χ1v) is 11.6. The van der Waals surface area contributed by atoms with E-state index in [1.165, 1.54) is 28.6 Å². The van der Waals surface area contributed by atoms with Gasteiger partial charge >= 0.3 is 12.1 Å². The third kappa shape index (κ3) is 4.92. The van der Waals surface area contributed by atoms with E-state index in [9.17, 15) is 30.6 Å². The largest absolute Gasteiger partial charge is 0.471 e. The summed E-state index contributed by atoms with van der Waals surface area (Å²) < 4.78 is 79.2. The fourth-order valence-corrected chi connectivity index (χ4v) is 5.46. The lowest BCUT2D eigenvalue weighted by atomic mass is 10.3. The molecule has 1 saturated heterocycles. The standard InChI is InChI=1S/C14H17ClF3N3O4S2/c1-2-19-27(25,12-5-3-11(4-6-12)26(15,23)24)21-9-7-20(8-10-21)13(22)14(16,17)18/h3-6H,2,7-10H2,1H3. The van der Waals surface area contributed by atoms with E-state index in [4.69, 9.17) is 10.7 Å². The van der Waals surface area contributed by atoms with Crippen molar-refractivity contribution in [2.75, 3.05) is 32.7 Å². The van der Waals surface area contributed by atoms with E-state index < -0.39 is 31.0 Å². The van der Waals surface area contributed by atoms with Crippen LogP contribution >= 0.6 is 10.7 Å². The Kier molecular flexibility index (Phi) is 6.44. The summed E-state index contributed by atoms with van der Waals surface area (Å²) in [4.78, 5) is 12.0. The van der Waals surface area contributed by atoms with Gasteiger partial charge in [-0.3, -0.25) is 4.79 Å². The van der Waals surface area contributed by atoms with Gasteiger partial charge in [-0.1, -0.05) is 0 Å². The maximum Gasteiger partial charge on any atom is 0.471 e. The highest BCUT2D eigenvalue weighted by Crippen LogP contribution is 2.25. The number of halogens is 4. The summed E-state index contributed by atoms with van der Waals surface area (Å²) in [5.74, 6) is -1.93. The fourth-order valence-electron chi connectivity index (χ4n) is 2.58. The number of benzene rings is 1. The summed E-state index contributed by atoms with van der Waals surface area (Å²) in [6.45, 7) is 1.20. The summed E-state index contributed by atoms with van der Waals surface area (Å²) in [6.07, 6.45) is -4.96. The van der Waals surface area contributed by atoms with Gasteiger partial charge in [0.1, 0.15) is 9.92 Å². The molecule has 152 valence electrons. The van der Waals surface area contributed by atoms with Crippen molar-refractivity contribution in [1.29, 1.82) is 0 Å². The Morgan fingerprint density at radius 2 is 1.56 bits per heavy atom. The molecule has 1 aromatic rings. The minimum absolute atomic E-state index is 0.0697. The molecule has 0 bridgehead atoms. The number of nitrogens with zero attached hydrogens (tertiary/aromatic N) is 3. The first kappa shape index (κ1) is 21.9. The third-order valence-electron chi connectivity index (χ3n) is 3.83. The van der Waals surface area contributed by atoms with Crippen LogP contribution in [0.4, 0.5) is 13.2 Å². The van der Waals surface area contributed by atoms with Crippen molar-refractivity contribution in [3.63, 3.8) is 0 Å². The molecule has 0 radical (unpaired) electrons. The van der Waals surface area contributed by atoms with E-state index in [1.807, 2.05) is 0 Å². The lowest BCUT2D eigenvalue weighted by Gasteiger charge is -2.36. The number of amides is 1. The Balaban J connectivity index is 2.27. The molecule has 2 rings (SSSR count). The zero-order chi connectivity index (χ0) is 20.5.